The van der Waals surface area contributed by atoms with Crippen molar-refractivity contribution in [3.05, 3.63) is 71.4 Å². The summed E-state index contributed by atoms with van der Waals surface area (Å²) in [5.41, 5.74) is 9.01. The number of hydrogen-bond donors (Lipinski definition) is 3. The summed E-state index contributed by atoms with van der Waals surface area (Å²) in [7, 11) is 0. The predicted molar refractivity (Wildman–Crippen MR) is 84.6 cm³/mol. The lowest BCUT2D eigenvalue weighted by Crippen LogP contribution is -2.36. The lowest BCUT2D eigenvalue weighted by molar-refractivity contribution is -0.114. The zero-order valence-corrected chi connectivity index (χ0v) is 11.8. The Morgan fingerprint density at radius 3 is 2.55 bits per heavy atom. The Hall–Kier alpha value is -3.08. The van der Waals surface area contributed by atoms with Crippen LogP contribution in [0.15, 0.2) is 54.7 Å². The molecule has 0 atom stereocenters. The maximum atomic E-state index is 12.0. The molecule has 0 bridgehead atoms. The van der Waals surface area contributed by atoms with E-state index in [1.54, 1.807) is 30.5 Å². The predicted octanol–water partition coefficient (Wildman–Crippen LogP) is 1.67. The molecule has 0 saturated heterocycles. The summed E-state index contributed by atoms with van der Waals surface area (Å²) in [4.78, 5) is 23.8. The van der Waals surface area contributed by atoms with Crippen LogP contribution in [0, 0.1) is 0 Å². The third kappa shape index (κ3) is 2.69. The van der Waals surface area contributed by atoms with Crippen molar-refractivity contribution in [3.8, 4) is 0 Å². The molecule has 2 amide bonds. The number of fused-ring (bicyclic) bond motifs is 1. The van der Waals surface area contributed by atoms with E-state index in [9.17, 15) is 9.59 Å². The van der Waals surface area contributed by atoms with E-state index in [-0.39, 0.29) is 5.91 Å². The second kappa shape index (κ2) is 5.73. The van der Waals surface area contributed by atoms with E-state index in [0.29, 0.717) is 28.9 Å². The smallest absolute Gasteiger partial charge is 0.260 e. The first kappa shape index (κ1) is 13.9. The molecule has 0 spiro atoms. The minimum Gasteiger partial charge on any atom is -0.399 e. The van der Waals surface area contributed by atoms with Gasteiger partial charge in [0.15, 0.2) is 0 Å². The highest BCUT2D eigenvalue weighted by Gasteiger charge is 2.26. The van der Waals surface area contributed by atoms with E-state index < -0.39 is 5.91 Å². The molecule has 2 aromatic carbocycles. The van der Waals surface area contributed by atoms with Crippen molar-refractivity contribution < 1.29 is 9.59 Å². The highest BCUT2D eigenvalue weighted by Crippen LogP contribution is 2.23. The Kier molecular flexibility index (Phi) is 3.62. The van der Waals surface area contributed by atoms with Gasteiger partial charge in [0.25, 0.3) is 11.8 Å². The topological polar surface area (TPSA) is 84.2 Å². The molecule has 1 heterocycles. The van der Waals surface area contributed by atoms with Gasteiger partial charge >= 0.3 is 0 Å². The molecule has 110 valence electrons. The fraction of sp³-hybridized carbons (Fsp3) is 0.0588. The van der Waals surface area contributed by atoms with Crippen LogP contribution < -0.4 is 16.4 Å². The van der Waals surface area contributed by atoms with Crippen LogP contribution in [0.4, 0.5) is 5.69 Å². The van der Waals surface area contributed by atoms with Crippen LogP contribution in [0.3, 0.4) is 0 Å². The molecule has 4 N–H and O–H groups in total. The number of rotatable bonds is 3. The third-order valence-corrected chi connectivity index (χ3v) is 3.44. The van der Waals surface area contributed by atoms with Gasteiger partial charge in [-0.3, -0.25) is 14.9 Å². The van der Waals surface area contributed by atoms with Crippen molar-refractivity contribution in [3.63, 3.8) is 0 Å². The molecule has 0 unspecified atom stereocenters. The van der Waals surface area contributed by atoms with E-state index in [4.69, 9.17) is 5.73 Å². The largest absolute Gasteiger partial charge is 0.399 e. The number of amides is 2. The Bertz CT molecular complexity index is 781. The van der Waals surface area contributed by atoms with Gasteiger partial charge in [0.2, 0.25) is 0 Å². The fourth-order valence-electron chi connectivity index (χ4n) is 2.39. The van der Waals surface area contributed by atoms with Crippen molar-refractivity contribution in [1.82, 2.24) is 10.6 Å². The average Bonchev–Trinajstić information content (AvgIpc) is 2.51. The van der Waals surface area contributed by atoms with Crippen LogP contribution in [0.5, 0.6) is 0 Å². The van der Waals surface area contributed by atoms with Gasteiger partial charge in [0.1, 0.15) is 0 Å². The summed E-state index contributed by atoms with van der Waals surface area (Å²) in [6.07, 6.45) is 1.63. The molecule has 5 nitrogen and oxygen atoms in total. The SMILES string of the molecule is Nc1cccc(CNC=C2C(=O)NC(=O)c3ccccc32)c1. The Morgan fingerprint density at radius 2 is 1.77 bits per heavy atom. The minimum atomic E-state index is -0.399. The molecule has 1 aliphatic heterocycles. The lowest BCUT2D eigenvalue weighted by atomic mass is 9.96. The van der Waals surface area contributed by atoms with E-state index in [0.717, 1.165) is 5.56 Å². The molecule has 0 aliphatic carbocycles. The Labute approximate surface area is 127 Å². The summed E-state index contributed by atoms with van der Waals surface area (Å²) in [5.74, 6) is -0.766. The molecule has 2 aromatic rings. The second-order valence-electron chi connectivity index (χ2n) is 5.01. The molecule has 5 heteroatoms. The van der Waals surface area contributed by atoms with E-state index in [1.807, 2.05) is 24.3 Å². The van der Waals surface area contributed by atoms with E-state index >= 15 is 0 Å². The summed E-state index contributed by atoms with van der Waals surface area (Å²) in [5, 5.41) is 5.43. The zero-order chi connectivity index (χ0) is 15.5. The molecule has 0 saturated carbocycles. The standard InChI is InChI=1S/C17H15N3O2/c18-12-5-3-4-11(8-12)9-19-10-15-13-6-1-2-7-14(13)16(21)20-17(15)22/h1-8,10,19H,9,18H2,(H,20,21,22). The molecule has 0 aromatic heterocycles. The highest BCUT2D eigenvalue weighted by atomic mass is 16.2. The van der Waals surface area contributed by atoms with Crippen LogP contribution in [0.1, 0.15) is 21.5 Å². The molecule has 1 aliphatic rings. The lowest BCUT2D eigenvalue weighted by Gasteiger charge is -2.18. The van der Waals surface area contributed by atoms with Crippen LogP contribution in [-0.4, -0.2) is 11.8 Å². The van der Waals surface area contributed by atoms with Gasteiger partial charge in [-0.05, 0) is 23.8 Å². The quantitative estimate of drug-likeness (QED) is 0.456. The maximum Gasteiger partial charge on any atom is 0.260 e. The van der Waals surface area contributed by atoms with Crippen molar-refractivity contribution in [2.45, 2.75) is 6.54 Å². The van der Waals surface area contributed by atoms with E-state index in [1.165, 1.54) is 0 Å². The van der Waals surface area contributed by atoms with Crippen molar-refractivity contribution in [2.24, 2.45) is 0 Å². The van der Waals surface area contributed by atoms with Crippen LogP contribution in [-0.2, 0) is 11.3 Å². The number of benzene rings is 2. The van der Waals surface area contributed by atoms with Crippen molar-refractivity contribution in [2.75, 3.05) is 5.73 Å². The first-order chi connectivity index (χ1) is 10.6. The number of nitrogen functional groups attached to an aromatic ring is 1. The molecular weight excluding hydrogens is 278 g/mol. The fourth-order valence-corrected chi connectivity index (χ4v) is 2.39. The van der Waals surface area contributed by atoms with E-state index in [2.05, 4.69) is 10.6 Å². The number of nitrogens with one attached hydrogen (secondary N) is 2. The average molecular weight is 293 g/mol. The Balaban J connectivity index is 1.83. The summed E-state index contributed by atoms with van der Waals surface area (Å²) >= 11 is 0. The number of imide groups is 1. The summed E-state index contributed by atoms with van der Waals surface area (Å²) < 4.78 is 0. The van der Waals surface area contributed by atoms with Gasteiger partial charge in [-0.2, -0.15) is 0 Å². The highest BCUT2D eigenvalue weighted by molar-refractivity contribution is 6.30. The van der Waals surface area contributed by atoms with Gasteiger partial charge in [-0.15, -0.1) is 0 Å². The first-order valence-electron chi connectivity index (χ1n) is 6.88. The first-order valence-corrected chi connectivity index (χ1v) is 6.88. The Morgan fingerprint density at radius 1 is 1.00 bits per heavy atom. The number of anilines is 1. The van der Waals surface area contributed by atoms with Crippen molar-refractivity contribution >= 4 is 23.1 Å². The monoisotopic (exact) mass is 293 g/mol. The minimum absolute atomic E-state index is 0.367. The van der Waals surface area contributed by atoms with Gasteiger partial charge in [-0.25, -0.2) is 0 Å². The molecular formula is C17H15N3O2. The van der Waals surface area contributed by atoms with Crippen molar-refractivity contribution in [1.29, 1.82) is 0 Å². The van der Waals surface area contributed by atoms with Crippen LogP contribution >= 0.6 is 0 Å². The number of carbonyl (C=O) groups is 2. The van der Waals surface area contributed by atoms with Gasteiger partial charge < -0.3 is 11.1 Å². The number of nitrogens with two attached hydrogens (primary N) is 1. The molecule has 22 heavy (non-hydrogen) atoms. The second-order valence-corrected chi connectivity index (χ2v) is 5.01. The summed E-state index contributed by atoms with van der Waals surface area (Å²) in [6.45, 7) is 0.540. The summed E-state index contributed by atoms with van der Waals surface area (Å²) in [6, 6.07) is 14.5. The molecule has 3 rings (SSSR count). The van der Waals surface area contributed by atoms with Gasteiger partial charge in [0, 0.05) is 29.6 Å². The maximum absolute atomic E-state index is 12.0. The zero-order valence-electron chi connectivity index (χ0n) is 11.8. The third-order valence-electron chi connectivity index (χ3n) is 3.44. The van der Waals surface area contributed by atoms with Gasteiger partial charge in [0.05, 0.1) is 5.57 Å². The van der Waals surface area contributed by atoms with Crippen LogP contribution in [0.25, 0.3) is 5.57 Å². The molecule has 0 radical (unpaired) electrons. The normalized spacial score (nSPS) is 15.4. The number of hydrogen-bond acceptors (Lipinski definition) is 4. The molecule has 0 fully saturated rings. The van der Waals surface area contributed by atoms with Crippen LogP contribution in [0.2, 0.25) is 0 Å². The number of carbonyl (C=O) groups excluding carboxylic acids is 2. The van der Waals surface area contributed by atoms with Gasteiger partial charge in [-0.1, -0.05) is 30.3 Å².